The van der Waals surface area contributed by atoms with Gasteiger partial charge in [-0.15, -0.1) is 11.8 Å². The number of carbonyl (C=O) groups is 19. The van der Waals surface area contributed by atoms with Gasteiger partial charge in [0.15, 0.2) is 5.96 Å². The summed E-state index contributed by atoms with van der Waals surface area (Å²) >= 11 is 0.739. The number of thioether (sulfide) groups is 1. The van der Waals surface area contributed by atoms with E-state index >= 15 is 28.8 Å². The van der Waals surface area contributed by atoms with Crippen molar-refractivity contribution in [3.8, 4) is 5.75 Å². The number of nitrogens with two attached hydrogens (primary N) is 5. The first-order valence-corrected chi connectivity index (χ1v) is 45.1. The molecule has 26 N–H and O–H groups in total. The summed E-state index contributed by atoms with van der Waals surface area (Å²) in [6, 6.07) is -3.68. The summed E-state index contributed by atoms with van der Waals surface area (Å²) < 4.78 is 0. The van der Waals surface area contributed by atoms with E-state index in [0.29, 0.717) is 64.2 Å². The van der Waals surface area contributed by atoms with Crippen LogP contribution in [-0.4, -0.2) is 313 Å². The lowest BCUT2D eigenvalue weighted by Crippen LogP contribution is -2.62. The number of primary amides is 4. The van der Waals surface area contributed by atoms with Gasteiger partial charge in [0.1, 0.15) is 90.3 Å². The van der Waals surface area contributed by atoms with Crippen molar-refractivity contribution in [1.29, 1.82) is 5.41 Å². The van der Waals surface area contributed by atoms with E-state index in [1.54, 1.807) is 60.9 Å². The minimum absolute atomic E-state index is 0.0237. The standard InChI is InChI=1S/C87H122N24O21S/c1-7-9-23-64-79(125)99-55(22-15-31-94-87(92)93)75(121)106-63(74(120)97-42-71(91)117)44-133-45-72(118)98-58(34-47-27-29-50(113)30-28-47)82(128)107(4)46(3)73(119)102-60(38-69(89)115)84(130)110-32-17-26-66(110)81(127)101-57(37-68(88)114)77(123)104-61(39-70(90)116)85(131)111-33-16-25-65(111)80(126)100-56(35-48-40-95-53-20-13-11-18-51(48)53)76(122)105-62(43-112)78(124)103-59(36-49-41-96-54-21-14-12-19-52(49)54)83(129)109(6)67(24-10-8-2)86(132)108(64)5/h11-14,18-21,27-30,40-41,46,55-67,95-96,112-113H,7-10,15-17,22-26,31-39,42-45H2,1-6H3,(H2,88,114)(H2,89,115)(H2,90,116)(H2,91,117)(H,97,120)(H,98,118)(H,99,125)(H,100,126)(H,101,127)(H,102,119)(H,103,124)(H,104,123)(H,105,122)(H,106,121)(H4,92,93,94)/t46-,55-,56-,57-,58-,59-,60-,61-,62-,63?,64-,65-,66-,67-/m0/s1. The number of aromatic amines is 2. The highest BCUT2D eigenvalue weighted by Crippen LogP contribution is 2.27. The Morgan fingerprint density at radius 2 is 0.917 bits per heavy atom. The van der Waals surface area contributed by atoms with E-state index < -0.39 is 247 Å². The zero-order valence-electron chi connectivity index (χ0n) is 75.0. The molecule has 722 valence electrons. The zero-order valence-corrected chi connectivity index (χ0v) is 75.8. The normalized spacial score (nSPS) is 24.3. The first-order chi connectivity index (χ1) is 63.2. The number of fused-ring (bicyclic) bond motifs is 4. The maximum atomic E-state index is 15.7. The van der Waals surface area contributed by atoms with Gasteiger partial charge in [-0.1, -0.05) is 88.1 Å². The van der Waals surface area contributed by atoms with Crippen molar-refractivity contribution in [3.05, 3.63) is 102 Å². The number of phenolic OH excluding ortho intramolecular Hbond substituents is 1. The van der Waals surface area contributed by atoms with Gasteiger partial charge in [-0.05, 0) is 99.2 Å². The third-order valence-corrected chi connectivity index (χ3v) is 24.5. The van der Waals surface area contributed by atoms with E-state index in [2.05, 4.69) is 68.5 Å². The van der Waals surface area contributed by atoms with E-state index in [1.807, 2.05) is 13.8 Å². The number of aliphatic hydroxyl groups is 1. The molecule has 3 aliphatic heterocycles. The van der Waals surface area contributed by atoms with E-state index in [1.165, 1.54) is 52.3 Å². The largest absolute Gasteiger partial charge is 0.508 e. The SMILES string of the molecule is CCCC[C@H]1C(=O)N(C)[C@@H](CCCC)C(=O)N[C@@H](CCCNC(=N)N)C(=O)NC(C(=O)NCC(N)=O)CSCC(=O)N[C@@H](Cc2ccc(O)cc2)C(=O)N(C)[C@@H](C)C(=O)N[C@@H](CC(N)=O)C(=O)N2CCC[C@H]2C(=O)N[C@@H](CC(N)=O)C(=O)N[C@@H](CC(N)=O)C(=O)N2CCC[C@H]2C(=O)N[C@@H](Cc2c[nH]c3ccccc23)C(=O)N[C@@H](CO)C(=O)N[C@@H](Cc2c[nH]c3ccccc23)C(=O)N1C. The van der Waals surface area contributed by atoms with Crippen LogP contribution < -0.4 is 87.2 Å². The number of phenols is 1. The Morgan fingerprint density at radius 1 is 0.466 bits per heavy atom. The van der Waals surface area contributed by atoms with Crippen LogP contribution in [0.15, 0.2) is 85.2 Å². The number of aromatic hydroxyl groups is 1. The number of H-pyrrole nitrogens is 2. The van der Waals surface area contributed by atoms with E-state index in [-0.39, 0.29) is 96.0 Å². The molecule has 0 aliphatic carbocycles. The number of carbonyl (C=O) groups excluding carboxylic acids is 19. The first kappa shape index (κ1) is 104. The Morgan fingerprint density at radius 3 is 1.45 bits per heavy atom. The monoisotopic (exact) mass is 1870 g/mol. The van der Waals surface area contributed by atoms with Crippen LogP contribution in [0.4, 0.5) is 0 Å². The molecule has 133 heavy (non-hydrogen) atoms. The number of aromatic nitrogens is 2. The molecule has 3 saturated heterocycles. The van der Waals surface area contributed by atoms with Crippen LogP contribution in [0, 0.1) is 5.41 Å². The Balaban J connectivity index is 1.19. The van der Waals surface area contributed by atoms with Crippen molar-refractivity contribution in [1.82, 2.24) is 93.0 Å². The van der Waals surface area contributed by atoms with Gasteiger partial charge in [0.25, 0.3) is 0 Å². The molecule has 8 rings (SSSR count). The maximum Gasteiger partial charge on any atom is 0.246 e. The van der Waals surface area contributed by atoms with Crippen molar-refractivity contribution >= 4 is 152 Å². The average molecular weight is 1870 g/mol. The summed E-state index contributed by atoms with van der Waals surface area (Å²) in [7, 11) is 3.83. The van der Waals surface area contributed by atoms with Crippen molar-refractivity contribution in [2.24, 2.45) is 28.7 Å². The van der Waals surface area contributed by atoms with Crippen LogP contribution in [0.1, 0.15) is 134 Å². The Hall–Kier alpha value is -14.0. The molecule has 14 atom stereocenters. The van der Waals surface area contributed by atoms with Crippen LogP contribution in [-0.2, 0) is 110 Å². The number of para-hydroxylation sites is 2. The third-order valence-electron chi connectivity index (χ3n) is 23.4. The molecule has 1 unspecified atom stereocenters. The van der Waals surface area contributed by atoms with Gasteiger partial charge in [0, 0.05) is 100.0 Å². The Labute approximate surface area is 770 Å². The number of unbranched alkanes of at least 4 members (excludes halogenated alkanes) is 2. The third kappa shape index (κ3) is 29.5. The van der Waals surface area contributed by atoms with E-state index in [4.69, 9.17) is 34.1 Å². The van der Waals surface area contributed by atoms with Gasteiger partial charge in [0.2, 0.25) is 112 Å². The predicted octanol–water partition coefficient (Wildman–Crippen LogP) is -5.16. The van der Waals surface area contributed by atoms with Crippen molar-refractivity contribution in [3.63, 3.8) is 0 Å². The molecular formula is C87H122N24O21S. The second-order valence-electron chi connectivity index (χ2n) is 33.2. The first-order valence-electron chi connectivity index (χ1n) is 43.9. The molecule has 0 radical (unpaired) electrons. The highest BCUT2D eigenvalue weighted by atomic mass is 32.2. The Bertz CT molecular complexity index is 5090. The quantitative estimate of drug-likeness (QED) is 0.0140. The summed E-state index contributed by atoms with van der Waals surface area (Å²) in [5, 5.41) is 58.4. The molecule has 0 spiro atoms. The van der Waals surface area contributed by atoms with Crippen molar-refractivity contribution in [2.75, 3.05) is 65.4 Å². The van der Waals surface area contributed by atoms with Crippen molar-refractivity contribution in [2.45, 2.75) is 221 Å². The van der Waals surface area contributed by atoms with Gasteiger partial charge in [-0.25, -0.2) is 0 Å². The number of nitrogens with one attached hydrogen (secondary N) is 14. The lowest BCUT2D eigenvalue weighted by atomic mass is 10.00. The number of guanidine groups is 1. The summed E-state index contributed by atoms with van der Waals surface area (Å²) in [5.74, 6) is -21.3. The topological polar surface area (TPSA) is 699 Å². The van der Waals surface area contributed by atoms with Crippen LogP contribution >= 0.6 is 11.8 Å². The molecule has 3 fully saturated rings. The molecule has 19 amide bonds. The molecule has 0 bridgehead atoms. The van der Waals surface area contributed by atoms with Gasteiger partial charge in [0.05, 0.1) is 38.2 Å². The van der Waals surface area contributed by atoms with Gasteiger partial charge in [-0.3, -0.25) is 96.5 Å². The second-order valence-corrected chi connectivity index (χ2v) is 34.2. The number of likely N-dealkylation sites (N-methyl/N-ethyl adjacent to an activating group) is 3. The molecule has 2 aromatic heterocycles. The van der Waals surface area contributed by atoms with E-state index in [0.717, 1.165) is 36.3 Å². The number of hydrogen-bond donors (Lipinski definition) is 21. The van der Waals surface area contributed by atoms with Crippen LogP contribution in [0.25, 0.3) is 21.8 Å². The number of benzene rings is 3. The number of rotatable bonds is 26. The molecule has 3 aliphatic rings. The average Bonchev–Trinajstić information content (AvgIpc) is 1.67. The molecule has 5 aromatic rings. The maximum absolute atomic E-state index is 15.7. The van der Waals surface area contributed by atoms with Crippen LogP contribution in [0.5, 0.6) is 5.75 Å². The minimum Gasteiger partial charge on any atom is -0.508 e. The highest BCUT2D eigenvalue weighted by Gasteiger charge is 2.46. The molecular weight excluding hydrogens is 1750 g/mol. The van der Waals surface area contributed by atoms with Crippen LogP contribution in [0.2, 0.25) is 0 Å². The lowest BCUT2D eigenvalue weighted by Gasteiger charge is -2.36. The number of nitrogens with zero attached hydrogens (tertiary/aromatic N) is 5. The summed E-state index contributed by atoms with van der Waals surface area (Å²) in [4.78, 5) is 285. The zero-order chi connectivity index (χ0) is 97.6. The van der Waals surface area contributed by atoms with Gasteiger partial charge in [-0.2, -0.15) is 0 Å². The fraction of sp³-hybridized carbons (Fsp3) is 0.517. The molecule has 0 saturated carbocycles. The fourth-order valence-electron chi connectivity index (χ4n) is 16.1. The highest BCUT2D eigenvalue weighted by molar-refractivity contribution is 8.00. The molecule has 46 heteroatoms. The summed E-state index contributed by atoms with van der Waals surface area (Å²) in [6.07, 6.45) is 0.749. The summed E-state index contributed by atoms with van der Waals surface area (Å²) in [5.41, 5.74) is 30.6. The predicted molar refractivity (Wildman–Crippen MR) is 484 cm³/mol. The van der Waals surface area contributed by atoms with Gasteiger partial charge >= 0.3 is 0 Å². The van der Waals surface area contributed by atoms with Crippen LogP contribution in [0.3, 0.4) is 0 Å². The Kier molecular flexibility index (Phi) is 39.2. The number of amides is 19. The number of aliphatic hydroxyl groups excluding tert-OH is 1. The second kappa shape index (κ2) is 49.9. The van der Waals surface area contributed by atoms with E-state index in [9.17, 15) is 72.5 Å². The fourth-order valence-corrected chi connectivity index (χ4v) is 16.9. The van der Waals surface area contributed by atoms with Crippen molar-refractivity contribution < 1.29 is 101 Å². The minimum atomic E-state index is -1.97. The molecule has 45 nitrogen and oxygen atoms in total. The smallest absolute Gasteiger partial charge is 0.246 e. The molecule has 5 heterocycles. The lowest BCUT2D eigenvalue weighted by molar-refractivity contribution is -0.149. The van der Waals surface area contributed by atoms with Gasteiger partial charge < -0.3 is 132 Å². The number of hydrogen-bond acceptors (Lipinski definition) is 23. The summed E-state index contributed by atoms with van der Waals surface area (Å²) in [6.45, 7) is 2.57. The molecule has 3 aromatic carbocycles.